The van der Waals surface area contributed by atoms with E-state index in [1.54, 1.807) is 12.1 Å². The van der Waals surface area contributed by atoms with Gasteiger partial charge in [0.25, 0.3) is 0 Å². The second kappa shape index (κ2) is 6.51. The van der Waals surface area contributed by atoms with E-state index in [-0.39, 0.29) is 11.1 Å². The molecule has 0 aliphatic rings. The minimum atomic E-state index is -1.65. The van der Waals surface area contributed by atoms with Crippen molar-refractivity contribution >= 4 is 28.2 Å². The number of benzene rings is 1. The van der Waals surface area contributed by atoms with Crippen molar-refractivity contribution in [2.75, 3.05) is 5.33 Å². The van der Waals surface area contributed by atoms with E-state index in [9.17, 15) is 14.7 Å². The van der Waals surface area contributed by atoms with Crippen molar-refractivity contribution in [3.8, 4) is 0 Å². The third-order valence-corrected chi connectivity index (χ3v) is 3.00. The maximum absolute atomic E-state index is 10.9. The van der Waals surface area contributed by atoms with E-state index >= 15 is 0 Å². The third-order valence-electron chi connectivity index (χ3n) is 2.44. The minimum absolute atomic E-state index is 0.205. The molecule has 0 saturated heterocycles. The van der Waals surface area contributed by atoms with Crippen LogP contribution in [-0.2, 0) is 11.2 Å². The van der Waals surface area contributed by atoms with E-state index in [2.05, 4.69) is 15.9 Å². The van der Waals surface area contributed by atoms with E-state index in [0.29, 0.717) is 18.3 Å². The highest BCUT2D eigenvalue weighted by Crippen LogP contribution is 2.23. The number of aliphatic hydroxyl groups excluding tert-OH is 1. The van der Waals surface area contributed by atoms with Crippen LogP contribution in [0.5, 0.6) is 0 Å². The normalized spacial score (nSPS) is 12.1. The summed E-state index contributed by atoms with van der Waals surface area (Å²) in [7, 11) is 0. The molecule has 92 valence electrons. The summed E-state index contributed by atoms with van der Waals surface area (Å²) in [5.41, 5.74) is 1.13. The number of aryl methyl sites for hydroxylation is 1. The van der Waals surface area contributed by atoms with Crippen LogP contribution >= 0.6 is 15.9 Å². The van der Waals surface area contributed by atoms with Crippen molar-refractivity contribution in [1.29, 1.82) is 0 Å². The lowest BCUT2D eigenvalue weighted by Gasteiger charge is -2.14. The first-order valence-electron chi connectivity index (χ1n) is 5.15. The highest BCUT2D eigenvalue weighted by molar-refractivity contribution is 9.09. The zero-order valence-electron chi connectivity index (χ0n) is 9.10. The second-order valence-corrected chi connectivity index (χ2v) is 4.36. The molecule has 0 bridgehead atoms. The molecule has 1 aromatic rings. The number of hydrogen-bond acceptors (Lipinski definition) is 3. The first-order chi connectivity index (χ1) is 8.11. The monoisotopic (exact) mass is 300 g/mol. The van der Waals surface area contributed by atoms with Gasteiger partial charge in [-0.3, -0.25) is 4.79 Å². The van der Waals surface area contributed by atoms with Crippen LogP contribution in [-0.4, -0.2) is 27.8 Å². The number of carboxylic acids is 1. The summed E-state index contributed by atoms with van der Waals surface area (Å²) in [5.74, 6) is -1.35. The van der Waals surface area contributed by atoms with Crippen molar-refractivity contribution in [1.82, 2.24) is 0 Å². The molecule has 4 nitrogen and oxygen atoms in total. The fraction of sp³-hybridized carbons (Fsp3) is 0.333. The van der Waals surface area contributed by atoms with Gasteiger partial charge in [0, 0.05) is 16.5 Å². The Labute approximate surface area is 107 Å². The Morgan fingerprint density at radius 1 is 1.47 bits per heavy atom. The predicted octanol–water partition coefficient (Wildman–Crippen LogP) is 1.94. The molecule has 1 atom stereocenters. The molecule has 1 aromatic carbocycles. The Balaban J connectivity index is 3.19. The maximum Gasteiger partial charge on any atom is 0.337 e. The second-order valence-electron chi connectivity index (χ2n) is 3.57. The van der Waals surface area contributed by atoms with E-state index < -0.39 is 12.1 Å². The molecule has 0 radical (unpaired) electrons. The maximum atomic E-state index is 10.9. The van der Waals surface area contributed by atoms with Gasteiger partial charge in [0.2, 0.25) is 0 Å². The van der Waals surface area contributed by atoms with Crippen LogP contribution in [0, 0.1) is 0 Å². The first-order valence-corrected chi connectivity index (χ1v) is 6.27. The molecule has 0 aromatic heterocycles. The molecule has 0 aliphatic heterocycles. The topological polar surface area (TPSA) is 74.6 Å². The molecular formula is C12H13BrO4. The zero-order valence-corrected chi connectivity index (χ0v) is 10.7. The lowest BCUT2D eigenvalue weighted by Crippen LogP contribution is -2.15. The van der Waals surface area contributed by atoms with Gasteiger partial charge in [-0.2, -0.15) is 0 Å². The quantitative estimate of drug-likeness (QED) is 0.622. The number of carbonyl (C=O) groups is 2. The number of alkyl halides is 1. The highest BCUT2D eigenvalue weighted by Gasteiger charge is 2.22. The van der Waals surface area contributed by atoms with Gasteiger partial charge in [-0.25, -0.2) is 4.79 Å². The molecule has 2 N–H and O–H groups in total. The summed E-state index contributed by atoms with van der Waals surface area (Å²) in [4.78, 5) is 21.7. The number of aliphatic carboxylic acids is 1. The van der Waals surface area contributed by atoms with Crippen LogP contribution < -0.4 is 0 Å². The van der Waals surface area contributed by atoms with E-state index in [1.807, 2.05) is 0 Å². The molecule has 0 aliphatic carbocycles. The number of carboxylic acid groups (broad SMARTS) is 1. The van der Waals surface area contributed by atoms with Gasteiger partial charge in [0.1, 0.15) is 6.29 Å². The van der Waals surface area contributed by atoms with Gasteiger partial charge in [-0.15, -0.1) is 0 Å². The van der Waals surface area contributed by atoms with Crippen LogP contribution in [0.1, 0.15) is 34.0 Å². The number of hydrogen-bond donors (Lipinski definition) is 2. The standard InChI is InChI=1S/C12H13BrO4/c13-6-2-5-8-3-1-4-9(7-14)10(8)11(15)12(16)17/h1,3-4,7,11,15H,2,5-6H2,(H,16,17). The first kappa shape index (κ1) is 13.9. The summed E-state index contributed by atoms with van der Waals surface area (Å²) in [6.45, 7) is 0. The fourth-order valence-corrected chi connectivity index (χ4v) is 1.95. The number of carbonyl (C=O) groups excluding carboxylic acids is 1. The van der Waals surface area contributed by atoms with Crippen molar-refractivity contribution in [2.24, 2.45) is 0 Å². The zero-order chi connectivity index (χ0) is 12.8. The summed E-state index contributed by atoms with van der Waals surface area (Å²) in [5, 5.41) is 19.2. The van der Waals surface area contributed by atoms with Crippen molar-refractivity contribution < 1.29 is 19.8 Å². The minimum Gasteiger partial charge on any atom is -0.479 e. The number of aldehydes is 1. The predicted molar refractivity (Wildman–Crippen MR) is 66.5 cm³/mol. The Morgan fingerprint density at radius 2 is 2.18 bits per heavy atom. The van der Waals surface area contributed by atoms with E-state index in [1.165, 1.54) is 6.07 Å². The van der Waals surface area contributed by atoms with Crippen LogP contribution in [0.4, 0.5) is 0 Å². The molecule has 0 amide bonds. The van der Waals surface area contributed by atoms with Crippen LogP contribution in [0.25, 0.3) is 0 Å². The lowest BCUT2D eigenvalue weighted by molar-refractivity contribution is -0.147. The molecule has 17 heavy (non-hydrogen) atoms. The van der Waals surface area contributed by atoms with Gasteiger partial charge >= 0.3 is 5.97 Å². The van der Waals surface area contributed by atoms with E-state index in [0.717, 1.165) is 11.8 Å². The van der Waals surface area contributed by atoms with Gasteiger partial charge in [-0.1, -0.05) is 34.1 Å². The molecule has 0 saturated carbocycles. The average molecular weight is 301 g/mol. The van der Waals surface area contributed by atoms with Crippen LogP contribution in [0.3, 0.4) is 0 Å². The van der Waals surface area contributed by atoms with Gasteiger partial charge < -0.3 is 10.2 Å². The van der Waals surface area contributed by atoms with Gasteiger partial charge in [0.05, 0.1) is 0 Å². The average Bonchev–Trinajstić information content (AvgIpc) is 2.34. The Bertz CT molecular complexity index is 417. The molecule has 0 spiro atoms. The molecule has 0 heterocycles. The summed E-state index contributed by atoms with van der Waals surface area (Å²) < 4.78 is 0. The highest BCUT2D eigenvalue weighted by atomic mass is 79.9. The van der Waals surface area contributed by atoms with Crippen molar-refractivity contribution in [3.63, 3.8) is 0 Å². The van der Waals surface area contributed by atoms with E-state index in [4.69, 9.17) is 5.11 Å². The molecule has 5 heteroatoms. The van der Waals surface area contributed by atoms with Crippen LogP contribution in [0.2, 0.25) is 0 Å². The Kier molecular flexibility index (Phi) is 5.31. The Morgan fingerprint density at radius 3 is 2.71 bits per heavy atom. The fourth-order valence-electron chi connectivity index (χ4n) is 1.67. The van der Waals surface area contributed by atoms with Crippen molar-refractivity contribution in [3.05, 3.63) is 34.9 Å². The molecule has 1 rings (SSSR count). The largest absolute Gasteiger partial charge is 0.479 e. The van der Waals surface area contributed by atoms with Gasteiger partial charge in [-0.05, 0) is 18.4 Å². The molecule has 1 unspecified atom stereocenters. The SMILES string of the molecule is O=Cc1cccc(CCCBr)c1C(O)C(=O)O. The number of halogens is 1. The summed E-state index contributed by atoms with van der Waals surface area (Å²) in [6, 6.07) is 4.93. The number of aliphatic hydroxyl groups is 1. The van der Waals surface area contributed by atoms with Crippen molar-refractivity contribution in [2.45, 2.75) is 18.9 Å². The summed E-state index contributed by atoms with van der Waals surface area (Å²) in [6.07, 6.45) is 0.342. The number of rotatable bonds is 6. The van der Waals surface area contributed by atoms with Gasteiger partial charge in [0.15, 0.2) is 6.10 Å². The Hall–Kier alpha value is -1.20. The smallest absolute Gasteiger partial charge is 0.337 e. The summed E-state index contributed by atoms with van der Waals surface area (Å²) >= 11 is 3.28. The third kappa shape index (κ3) is 3.38. The molecule has 0 fully saturated rings. The molecular weight excluding hydrogens is 288 g/mol. The lowest BCUT2D eigenvalue weighted by atomic mass is 9.94. The van der Waals surface area contributed by atoms with Crippen LogP contribution in [0.15, 0.2) is 18.2 Å².